The zero-order valence-electron chi connectivity index (χ0n) is 11.4. The molecular weight excluding hydrogens is 326 g/mol. The summed E-state index contributed by atoms with van der Waals surface area (Å²) >= 11 is 5.57. The fourth-order valence-corrected chi connectivity index (χ4v) is 4.00. The van der Waals surface area contributed by atoms with E-state index in [0.29, 0.717) is 6.04 Å². The van der Waals surface area contributed by atoms with Crippen LogP contribution in [0.25, 0.3) is 0 Å². The van der Waals surface area contributed by atoms with Crippen molar-refractivity contribution in [2.24, 2.45) is 0 Å². The predicted molar refractivity (Wildman–Crippen MR) is 84.4 cm³/mol. The Morgan fingerprint density at radius 3 is 2.84 bits per heavy atom. The van der Waals surface area contributed by atoms with Gasteiger partial charge in [0.05, 0.1) is 18.7 Å². The summed E-state index contributed by atoms with van der Waals surface area (Å²) < 4.78 is 11.6. The van der Waals surface area contributed by atoms with Crippen LogP contribution in [0.4, 0.5) is 0 Å². The molecule has 19 heavy (non-hydrogen) atoms. The zero-order chi connectivity index (χ0) is 13.7. The van der Waals surface area contributed by atoms with Crippen molar-refractivity contribution in [3.8, 4) is 11.5 Å². The molecule has 1 saturated heterocycles. The first-order valence-electron chi connectivity index (χ1n) is 6.46. The molecule has 0 radical (unpaired) electrons. The lowest BCUT2D eigenvalue weighted by molar-refractivity contribution is 0.352. The van der Waals surface area contributed by atoms with E-state index in [1.165, 1.54) is 29.9 Å². The maximum atomic E-state index is 5.36. The van der Waals surface area contributed by atoms with E-state index in [2.05, 4.69) is 27.3 Å². The molecule has 1 aliphatic rings. The number of thioether (sulfide) groups is 1. The number of hydrogen-bond acceptors (Lipinski definition) is 4. The summed E-state index contributed by atoms with van der Waals surface area (Å²) in [6.45, 7) is 0.865. The monoisotopic (exact) mass is 345 g/mol. The lowest BCUT2D eigenvalue weighted by atomic mass is 10.1. The molecule has 1 heterocycles. The Kier molecular flexibility index (Phi) is 5.85. The molecule has 1 aromatic rings. The van der Waals surface area contributed by atoms with Crippen LogP contribution in [0.15, 0.2) is 16.6 Å². The van der Waals surface area contributed by atoms with Crippen molar-refractivity contribution in [3.05, 3.63) is 22.2 Å². The van der Waals surface area contributed by atoms with Gasteiger partial charge >= 0.3 is 0 Å². The molecule has 1 unspecified atom stereocenters. The number of benzene rings is 1. The smallest absolute Gasteiger partial charge is 0.174 e. The van der Waals surface area contributed by atoms with Gasteiger partial charge in [0, 0.05) is 18.3 Å². The highest BCUT2D eigenvalue weighted by Gasteiger charge is 2.14. The van der Waals surface area contributed by atoms with Gasteiger partial charge in [0.25, 0.3) is 0 Å². The number of rotatable bonds is 5. The molecule has 1 aliphatic heterocycles. The van der Waals surface area contributed by atoms with E-state index in [1.807, 2.05) is 17.8 Å². The number of halogens is 1. The predicted octanol–water partition coefficient (Wildman–Crippen LogP) is 3.45. The third kappa shape index (κ3) is 4.04. The van der Waals surface area contributed by atoms with Crippen LogP contribution in [0.5, 0.6) is 11.5 Å². The second kappa shape index (κ2) is 7.41. The second-order valence-corrected chi connectivity index (χ2v) is 6.61. The van der Waals surface area contributed by atoms with Gasteiger partial charge in [0.15, 0.2) is 11.5 Å². The topological polar surface area (TPSA) is 30.5 Å². The molecule has 2 rings (SSSR count). The first-order valence-corrected chi connectivity index (χ1v) is 8.41. The van der Waals surface area contributed by atoms with Crippen molar-refractivity contribution >= 4 is 27.7 Å². The Morgan fingerprint density at radius 1 is 1.37 bits per heavy atom. The van der Waals surface area contributed by atoms with Crippen LogP contribution in [0.1, 0.15) is 18.4 Å². The maximum absolute atomic E-state index is 5.36. The van der Waals surface area contributed by atoms with Gasteiger partial charge in [-0.05, 0) is 52.2 Å². The summed E-state index contributed by atoms with van der Waals surface area (Å²) in [5, 5.41) is 3.62. The van der Waals surface area contributed by atoms with E-state index in [0.717, 1.165) is 22.5 Å². The number of nitrogens with one attached hydrogen (secondary N) is 1. The standard InChI is InChI=1S/C14H20BrNO2S/c1-17-13-7-10(6-12(15)14(13)18-2)8-16-11-4-3-5-19-9-11/h6-7,11,16H,3-5,8-9H2,1-2H3. The molecule has 1 N–H and O–H groups in total. The second-order valence-electron chi connectivity index (χ2n) is 4.61. The van der Waals surface area contributed by atoms with Crippen molar-refractivity contribution < 1.29 is 9.47 Å². The Hall–Kier alpha value is -0.390. The Morgan fingerprint density at radius 2 is 2.21 bits per heavy atom. The van der Waals surface area contributed by atoms with Gasteiger partial charge < -0.3 is 14.8 Å². The fraction of sp³-hybridized carbons (Fsp3) is 0.571. The minimum absolute atomic E-state index is 0.630. The minimum Gasteiger partial charge on any atom is -0.493 e. The van der Waals surface area contributed by atoms with E-state index >= 15 is 0 Å². The molecule has 5 heteroatoms. The van der Waals surface area contributed by atoms with E-state index in [9.17, 15) is 0 Å². The third-order valence-corrected chi connectivity index (χ3v) is 5.05. The Balaban J connectivity index is 2.01. The maximum Gasteiger partial charge on any atom is 0.174 e. The van der Waals surface area contributed by atoms with Crippen molar-refractivity contribution in [2.75, 3.05) is 25.7 Å². The van der Waals surface area contributed by atoms with Crippen LogP contribution >= 0.6 is 27.7 Å². The van der Waals surface area contributed by atoms with E-state index in [1.54, 1.807) is 14.2 Å². The first kappa shape index (κ1) is 15.0. The van der Waals surface area contributed by atoms with E-state index in [-0.39, 0.29) is 0 Å². The summed E-state index contributed by atoms with van der Waals surface area (Å²) in [5.41, 5.74) is 1.21. The average molecular weight is 346 g/mol. The molecule has 1 atom stereocenters. The summed E-state index contributed by atoms with van der Waals surface area (Å²) in [5.74, 6) is 4.04. The highest BCUT2D eigenvalue weighted by Crippen LogP contribution is 2.36. The van der Waals surface area contributed by atoms with Crippen LogP contribution in [-0.2, 0) is 6.54 Å². The summed E-state index contributed by atoms with van der Waals surface area (Å²) in [4.78, 5) is 0. The Labute approximate surface area is 127 Å². The molecule has 0 aromatic heterocycles. The van der Waals surface area contributed by atoms with Crippen LogP contribution in [0.3, 0.4) is 0 Å². The normalized spacial score (nSPS) is 19.2. The van der Waals surface area contributed by atoms with Crippen molar-refractivity contribution in [1.82, 2.24) is 5.32 Å². The van der Waals surface area contributed by atoms with Gasteiger partial charge in [-0.2, -0.15) is 11.8 Å². The summed E-state index contributed by atoms with van der Waals surface area (Å²) in [6, 6.07) is 4.75. The summed E-state index contributed by atoms with van der Waals surface area (Å²) in [7, 11) is 3.32. The highest BCUT2D eigenvalue weighted by atomic mass is 79.9. The molecule has 0 amide bonds. The van der Waals surface area contributed by atoms with Gasteiger partial charge in [-0.15, -0.1) is 0 Å². The molecule has 0 bridgehead atoms. The molecule has 0 spiro atoms. The quantitative estimate of drug-likeness (QED) is 0.885. The Bertz CT molecular complexity index is 422. The minimum atomic E-state index is 0.630. The van der Waals surface area contributed by atoms with Crippen molar-refractivity contribution in [2.45, 2.75) is 25.4 Å². The number of ether oxygens (including phenoxy) is 2. The SMILES string of the molecule is COc1cc(CNC2CCCSC2)cc(Br)c1OC. The lowest BCUT2D eigenvalue weighted by Crippen LogP contribution is -2.33. The van der Waals surface area contributed by atoms with Gasteiger partial charge in [0.2, 0.25) is 0 Å². The van der Waals surface area contributed by atoms with Crippen LogP contribution < -0.4 is 14.8 Å². The molecule has 3 nitrogen and oxygen atoms in total. The average Bonchev–Trinajstić information content (AvgIpc) is 2.45. The van der Waals surface area contributed by atoms with E-state index < -0.39 is 0 Å². The first-order chi connectivity index (χ1) is 9.24. The van der Waals surface area contributed by atoms with Crippen LogP contribution in [0, 0.1) is 0 Å². The largest absolute Gasteiger partial charge is 0.493 e. The molecule has 1 fully saturated rings. The van der Waals surface area contributed by atoms with Gasteiger partial charge in [-0.25, -0.2) is 0 Å². The molecular formula is C14H20BrNO2S. The van der Waals surface area contributed by atoms with Crippen molar-refractivity contribution in [3.63, 3.8) is 0 Å². The zero-order valence-corrected chi connectivity index (χ0v) is 13.8. The van der Waals surface area contributed by atoms with Crippen LogP contribution in [0.2, 0.25) is 0 Å². The fourth-order valence-electron chi connectivity index (χ4n) is 2.24. The summed E-state index contributed by atoms with van der Waals surface area (Å²) in [6.07, 6.45) is 2.60. The van der Waals surface area contributed by atoms with Crippen molar-refractivity contribution in [1.29, 1.82) is 0 Å². The van der Waals surface area contributed by atoms with E-state index in [4.69, 9.17) is 9.47 Å². The van der Waals surface area contributed by atoms with Gasteiger partial charge in [-0.1, -0.05) is 0 Å². The van der Waals surface area contributed by atoms with Gasteiger partial charge in [0.1, 0.15) is 0 Å². The molecule has 1 aromatic carbocycles. The molecule has 106 valence electrons. The van der Waals surface area contributed by atoms with Crippen LogP contribution in [-0.4, -0.2) is 31.8 Å². The lowest BCUT2D eigenvalue weighted by Gasteiger charge is -2.23. The van der Waals surface area contributed by atoms with Gasteiger partial charge in [-0.3, -0.25) is 0 Å². The molecule has 0 saturated carbocycles. The molecule has 0 aliphatic carbocycles. The third-order valence-electron chi connectivity index (χ3n) is 3.25. The number of methoxy groups -OCH3 is 2. The number of hydrogen-bond donors (Lipinski definition) is 1. The highest BCUT2D eigenvalue weighted by molar-refractivity contribution is 9.10.